The number of nitrogens with two attached hydrogens (primary N) is 1. The molecule has 0 radical (unpaired) electrons. The number of unbranched alkanes of at least 4 members (excludes halogenated alkanes) is 2. The number of rotatable bonds is 6. The normalized spacial score (nSPS) is 10.1. The van der Waals surface area contributed by atoms with E-state index < -0.39 is 0 Å². The summed E-state index contributed by atoms with van der Waals surface area (Å²) in [6, 6.07) is 1.54. The second kappa shape index (κ2) is 5.99. The molecule has 0 aliphatic carbocycles. The molecule has 0 saturated heterocycles. The highest BCUT2D eigenvalue weighted by Gasteiger charge is 2.09. The quantitative estimate of drug-likeness (QED) is 0.427. The van der Waals surface area contributed by atoms with E-state index in [1.165, 1.54) is 13.2 Å². The largest absolute Gasteiger partial charge is 0.754 e. The van der Waals surface area contributed by atoms with Crippen LogP contribution in [-0.2, 0) is 0 Å². The molecule has 0 aliphatic rings. The zero-order valence-electron chi connectivity index (χ0n) is 9.69. The number of nitrogens with one attached hydrogen (secondary N) is 1. The van der Waals surface area contributed by atoms with Gasteiger partial charge in [0.15, 0.2) is 0 Å². The fraction of sp³-hybridized carbons (Fsp3) is 0.600. The van der Waals surface area contributed by atoms with Crippen LogP contribution < -0.4 is 20.5 Å². The van der Waals surface area contributed by atoms with Crippen LogP contribution in [0.1, 0.15) is 26.2 Å². The standard InChI is InChI=1S/C10H18N4O2/c1-3-4-5-6-12-8-7-9(16-2)13-10(11)14(8)15/h7,12H,3-6H2,1-2H3,(H2,11,13). The zero-order chi connectivity index (χ0) is 12.0. The second-order valence-electron chi connectivity index (χ2n) is 3.47. The molecule has 0 aromatic carbocycles. The Bertz CT molecular complexity index is 344. The summed E-state index contributed by atoms with van der Waals surface area (Å²) < 4.78 is 5.50. The molecule has 0 spiro atoms. The van der Waals surface area contributed by atoms with Crippen LogP contribution in [0, 0.1) is 5.21 Å². The van der Waals surface area contributed by atoms with Gasteiger partial charge >= 0.3 is 5.95 Å². The lowest BCUT2D eigenvalue weighted by Crippen LogP contribution is -2.35. The Morgan fingerprint density at radius 1 is 1.56 bits per heavy atom. The van der Waals surface area contributed by atoms with Crippen LogP contribution in [0.25, 0.3) is 0 Å². The first-order valence-corrected chi connectivity index (χ1v) is 5.37. The smallest absolute Gasteiger partial charge is 0.347 e. The van der Waals surface area contributed by atoms with Crippen LogP contribution >= 0.6 is 0 Å². The van der Waals surface area contributed by atoms with Gasteiger partial charge in [0.2, 0.25) is 5.82 Å². The summed E-state index contributed by atoms with van der Waals surface area (Å²) in [7, 11) is 1.48. The van der Waals surface area contributed by atoms with Crippen molar-refractivity contribution in [3.8, 4) is 5.88 Å². The number of anilines is 2. The van der Waals surface area contributed by atoms with Gasteiger partial charge < -0.3 is 21.0 Å². The third-order valence-electron chi connectivity index (χ3n) is 2.21. The maximum Gasteiger partial charge on any atom is 0.347 e. The highest BCUT2D eigenvalue weighted by Crippen LogP contribution is 2.12. The minimum Gasteiger partial charge on any atom is -0.754 e. The van der Waals surface area contributed by atoms with Gasteiger partial charge in [-0.25, -0.2) is 4.73 Å². The molecule has 0 bridgehead atoms. The molecule has 3 N–H and O–H groups in total. The van der Waals surface area contributed by atoms with Crippen LogP contribution in [0.5, 0.6) is 5.88 Å². The lowest BCUT2D eigenvalue weighted by atomic mass is 10.2. The van der Waals surface area contributed by atoms with Crippen molar-refractivity contribution in [2.24, 2.45) is 0 Å². The first-order valence-electron chi connectivity index (χ1n) is 5.37. The van der Waals surface area contributed by atoms with E-state index in [2.05, 4.69) is 17.2 Å². The number of aromatic nitrogens is 2. The van der Waals surface area contributed by atoms with Crippen molar-refractivity contribution in [3.63, 3.8) is 0 Å². The third kappa shape index (κ3) is 3.15. The fourth-order valence-electron chi connectivity index (χ4n) is 1.31. The number of nitrogen functional groups attached to an aromatic ring is 1. The highest BCUT2D eigenvalue weighted by atomic mass is 16.5. The minimum atomic E-state index is -0.114. The van der Waals surface area contributed by atoms with Gasteiger partial charge in [-0.1, -0.05) is 24.7 Å². The average Bonchev–Trinajstić information content (AvgIpc) is 2.29. The highest BCUT2D eigenvalue weighted by molar-refractivity contribution is 5.36. The van der Waals surface area contributed by atoms with Gasteiger partial charge in [-0.05, 0) is 6.42 Å². The van der Waals surface area contributed by atoms with Crippen molar-refractivity contribution in [2.45, 2.75) is 26.2 Å². The summed E-state index contributed by atoms with van der Waals surface area (Å²) in [5, 5.41) is 14.5. The Morgan fingerprint density at radius 2 is 2.31 bits per heavy atom. The molecule has 0 aliphatic heterocycles. The molecule has 0 fully saturated rings. The van der Waals surface area contributed by atoms with Gasteiger partial charge in [-0.2, -0.15) is 0 Å². The lowest BCUT2D eigenvalue weighted by Gasteiger charge is -2.13. The molecule has 1 aromatic heterocycles. The van der Waals surface area contributed by atoms with E-state index in [1.54, 1.807) is 0 Å². The van der Waals surface area contributed by atoms with E-state index in [1.807, 2.05) is 0 Å². The Kier molecular flexibility index (Phi) is 4.63. The van der Waals surface area contributed by atoms with Gasteiger partial charge in [0.1, 0.15) is 0 Å². The van der Waals surface area contributed by atoms with Gasteiger partial charge in [0.05, 0.1) is 13.2 Å². The monoisotopic (exact) mass is 226 g/mol. The van der Waals surface area contributed by atoms with Gasteiger partial charge in [-0.3, -0.25) is 0 Å². The SMILES string of the molecule is CCCCCNc1cc(OC)nc(N)[n+]1[O-]. The Balaban J connectivity index is 2.66. The summed E-state index contributed by atoms with van der Waals surface area (Å²) in [6.07, 6.45) is 3.28. The van der Waals surface area contributed by atoms with Crippen molar-refractivity contribution in [2.75, 3.05) is 24.7 Å². The van der Waals surface area contributed by atoms with Gasteiger partial charge in [0, 0.05) is 6.54 Å². The molecule has 1 heterocycles. The van der Waals surface area contributed by atoms with Crippen LogP contribution in [0.15, 0.2) is 6.07 Å². The van der Waals surface area contributed by atoms with Crippen molar-refractivity contribution < 1.29 is 9.47 Å². The number of nitrogens with zero attached hydrogens (tertiary/aromatic N) is 2. The predicted molar refractivity (Wildman–Crippen MR) is 62.2 cm³/mol. The summed E-state index contributed by atoms with van der Waals surface area (Å²) in [4.78, 5) is 3.76. The third-order valence-corrected chi connectivity index (χ3v) is 2.21. The summed E-state index contributed by atoms with van der Waals surface area (Å²) in [5.41, 5.74) is 5.45. The van der Waals surface area contributed by atoms with E-state index in [4.69, 9.17) is 10.5 Å². The maximum absolute atomic E-state index is 11.5. The molecule has 0 atom stereocenters. The van der Waals surface area contributed by atoms with Crippen LogP contribution in [0.4, 0.5) is 11.8 Å². The van der Waals surface area contributed by atoms with Crippen molar-refractivity contribution >= 4 is 11.8 Å². The molecule has 6 nitrogen and oxygen atoms in total. The molecule has 16 heavy (non-hydrogen) atoms. The fourth-order valence-corrected chi connectivity index (χ4v) is 1.31. The Morgan fingerprint density at radius 3 is 2.94 bits per heavy atom. The second-order valence-corrected chi connectivity index (χ2v) is 3.47. The molecular formula is C10H18N4O2. The molecule has 6 heteroatoms. The predicted octanol–water partition coefficient (Wildman–Crippen LogP) is 0.908. The van der Waals surface area contributed by atoms with Gasteiger partial charge in [0.25, 0.3) is 5.88 Å². The number of methoxy groups -OCH3 is 1. The summed E-state index contributed by atoms with van der Waals surface area (Å²) in [6.45, 7) is 2.86. The topological polar surface area (TPSA) is 87.1 Å². The number of ether oxygens (including phenoxy) is 1. The van der Waals surface area contributed by atoms with E-state index in [0.717, 1.165) is 25.8 Å². The minimum absolute atomic E-state index is 0.114. The Labute approximate surface area is 95.0 Å². The zero-order valence-corrected chi connectivity index (χ0v) is 9.69. The van der Waals surface area contributed by atoms with Crippen molar-refractivity contribution in [3.05, 3.63) is 11.3 Å². The number of hydrogen-bond acceptors (Lipinski definition) is 5. The van der Waals surface area contributed by atoms with Crippen molar-refractivity contribution in [1.29, 1.82) is 0 Å². The summed E-state index contributed by atoms with van der Waals surface area (Å²) in [5.74, 6) is 0.598. The lowest BCUT2D eigenvalue weighted by molar-refractivity contribution is -0.577. The van der Waals surface area contributed by atoms with Crippen LogP contribution in [0.2, 0.25) is 0 Å². The molecule has 1 rings (SSSR count). The van der Waals surface area contributed by atoms with E-state index in [-0.39, 0.29) is 5.95 Å². The molecule has 90 valence electrons. The number of hydrogen-bond donors (Lipinski definition) is 2. The Hall–Kier alpha value is -1.72. The average molecular weight is 226 g/mol. The summed E-state index contributed by atoms with van der Waals surface area (Å²) >= 11 is 0. The van der Waals surface area contributed by atoms with Gasteiger partial charge in [-0.15, -0.1) is 0 Å². The first kappa shape index (κ1) is 12.4. The molecule has 0 amide bonds. The molecule has 0 unspecified atom stereocenters. The van der Waals surface area contributed by atoms with E-state index in [0.29, 0.717) is 16.4 Å². The van der Waals surface area contributed by atoms with E-state index in [9.17, 15) is 5.21 Å². The van der Waals surface area contributed by atoms with Crippen LogP contribution in [0.3, 0.4) is 0 Å². The molecule has 1 aromatic rings. The first-order chi connectivity index (χ1) is 7.69. The van der Waals surface area contributed by atoms with Crippen LogP contribution in [-0.4, -0.2) is 18.6 Å². The molecule has 0 saturated carbocycles. The molecular weight excluding hydrogens is 208 g/mol. The van der Waals surface area contributed by atoms with Crippen molar-refractivity contribution in [1.82, 2.24) is 4.98 Å². The maximum atomic E-state index is 11.5. The van der Waals surface area contributed by atoms with E-state index >= 15 is 0 Å².